The van der Waals surface area contributed by atoms with Gasteiger partial charge in [0, 0.05) is 37.7 Å². The van der Waals surface area contributed by atoms with Crippen molar-refractivity contribution in [3.63, 3.8) is 0 Å². The maximum absolute atomic E-state index is 16.8. The largest absolute Gasteiger partial charge is 0.509 e. The van der Waals surface area contributed by atoms with E-state index in [1.807, 2.05) is 51.1 Å². The van der Waals surface area contributed by atoms with Gasteiger partial charge in [0.25, 0.3) is 0 Å². The molecule has 4 aromatic carbocycles. The number of hydrogen-bond acceptors (Lipinski definition) is 17. The highest BCUT2D eigenvalue weighted by Crippen LogP contribution is 2.65. The first kappa shape index (κ1) is 58.2. The van der Waals surface area contributed by atoms with Gasteiger partial charge in [-0.15, -0.1) is 0 Å². The van der Waals surface area contributed by atoms with Crippen LogP contribution in [-0.2, 0) is 74.8 Å². The Morgan fingerprint density at radius 1 is 0.747 bits per heavy atom. The fourth-order valence-corrected chi connectivity index (χ4v) is 15.3. The first-order valence-corrected chi connectivity index (χ1v) is 29.5. The average Bonchev–Trinajstić information content (AvgIpc) is 3.61. The first-order chi connectivity index (χ1) is 37.7. The third kappa shape index (κ3) is 11.3. The van der Waals surface area contributed by atoms with Crippen molar-refractivity contribution in [2.24, 2.45) is 21.9 Å². The van der Waals surface area contributed by atoms with E-state index in [9.17, 15) is 24.3 Å². The molecule has 4 aromatic rings. The van der Waals surface area contributed by atoms with Crippen LogP contribution in [0.15, 0.2) is 138 Å². The minimum absolute atomic E-state index is 0.00517. The lowest BCUT2D eigenvalue weighted by molar-refractivity contribution is -0.344. The number of benzene rings is 4. The maximum Gasteiger partial charge on any atom is 0.509 e. The van der Waals surface area contributed by atoms with Crippen LogP contribution in [0.5, 0.6) is 0 Å². The van der Waals surface area contributed by atoms with Gasteiger partial charge in [0.1, 0.15) is 42.8 Å². The van der Waals surface area contributed by atoms with Crippen LogP contribution in [0.1, 0.15) is 102 Å². The number of ether oxygens (including phenoxy) is 7. The summed E-state index contributed by atoms with van der Waals surface area (Å²) in [7, 11) is -2.72. The van der Waals surface area contributed by atoms with Crippen molar-refractivity contribution in [2.45, 2.75) is 154 Å². The van der Waals surface area contributed by atoms with E-state index in [1.54, 1.807) is 107 Å². The van der Waals surface area contributed by atoms with Crippen LogP contribution >= 0.6 is 0 Å². The number of Topliss-reactive ketones (excluding diaryl/α,β-unsaturated/α-hetero) is 1. The zero-order chi connectivity index (χ0) is 56.9. The van der Waals surface area contributed by atoms with E-state index in [1.165, 1.54) is 19.1 Å². The molecule has 1 heterocycles. The second-order valence-electron chi connectivity index (χ2n) is 21.6. The summed E-state index contributed by atoms with van der Waals surface area (Å²) in [5, 5.41) is 18.8. The van der Waals surface area contributed by atoms with Crippen LogP contribution in [0.2, 0.25) is 18.1 Å². The second-order valence-corrected chi connectivity index (χ2v) is 26.4. The Morgan fingerprint density at radius 2 is 1.30 bits per heavy atom. The lowest BCUT2D eigenvalue weighted by Crippen LogP contribution is -2.82. The summed E-state index contributed by atoms with van der Waals surface area (Å²) in [5.74, 6) is -5.92. The Hall–Kier alpha value is -6.99. The van der Waals surface area contributed by atoms with E-state index < -0.39 is 115 Å². The highest BCUT2D eigenvalue weighted by Gasteiger charge is 2.79. The van der Waals surface area contributed by atoms with Crippen molar-refractivity contribution < 1.29 is 76.3 Å². The van der Waals surface area contributed by atoms with E-state index >= 15 is 9.59 Å². The standard InChI is InChI=1S/C61H71NO16Si/c1-10-79(11-2,12-3)78-46-33-47-60(37-71-47,77-40(6)64)52-54(76-55(66)44-31-23-16-24-32-44)61(69)34-45(38(4)48(58(61,7)8)50(53(65)59(46,52)9)75-57(68)70-35-41-25-17-13-18-26-41)74-56(67)51(73-39(5)63)49(43-29-21-15-22-30-43)62-72-36-42-27-19-14-20-28-42/h13-32,45-47,50-52,54,69H,10-12,33-37H2,1-9H3/b62-49-/t45-,46-,47+,50+,51?,52?,54-,59+,60-,61+/m0/s1. The molecule has 3 fully saturated rings. The van der Waals surface area contributed by atoms with Crippen molar-refractivity contribution in [3.8, 4) is 0 Å². The maximum atomic E-state index is 16.8. The summed E-state index contributed by atoms with van der Waals surface area (Å²) in [4.78, 5) is 93.9. The fraction of sp³-hybridized carbons (Fsp3) is 0.459. The van der Waals surface area contributed by atoms with Crippen molar-refractivity contribution in [1.82, 2.24) is 0 Å². The third-order valence-electron chi connectivity index (χ3n) is 16.9. The number of carbonyl (C=O) groups is 6. The predicted octanol–water partition coefficient (Wildman–Crippen LogP) is 9.58. The Labute approximate surface area is 462 Å². The lowest BCUT2D eigenvalue weighted by atomic mass is 9.44. The monoisotopic (exact) mass is 1100 g/mol. The van der Waals surface area contributed by atoms with E-state index in [2.05, 4.69) is 5.16 Å². The number of oxime groups is 1. The summed E-state index contributed by atoms with van der Waals surface area (Å²) in [6.07, 6.45) is -10.9. The van der Waals surface area contributed by atoms with Gasteiger partial charge in [0.15, 0.2) is 25.8 Å². The number of aliphatic hydroxyl groups is 1. The van der Waals surface area contributed by atoms with E-state index in [4.69, 9.17) is 42.4 Å². The molecule has 1 aliphatic heterocycles. The molecule has 8 rings (SSSR count). The van der Waals surface area contributed by atoms with Crippen molar-refractivity contribution in [2.75, 3.05) is 6.61 Å². The van der Waals surface area contributed by atoms with Gasteiger partial charge in [-0.2, -0.15) is 0 Å². The molecule has 2 unspecified atom stereocenters. The van der Waals surface area contributed by atoms with Crippen molar-refractivity contribution >= 4 is 49.8 Å². The van der Waals surface area contributed by atoms with Crippen LogP contribution in [0.4, 0.5) is 4.79 Å². The molecule has 2 bridgehead atoms. The average molecular weight is 1100 g/mol. The molecule has 0 aromatic heterocycles. The summed E-state index contributed by atoms with van der Waals surface area (Å²) < 4.78 is 51.2. The van der Waals surface area contributed by atoms with E-state index in [0.29, 0.717) is 29.3 Å². The number of nitrogens with zero attached hydrogens (tertiary/aromatic N) is 1. The minimum atomic E-state index is -2.72. The van der Waals surface area contributed by atoms with Crippen LogP contribution in [-0.4, -0.2) is 109 Å². The highest BCUT2D eigenvalue weighted by molar-refractivity contribution is 6.73. The van der Waals surface area contributed by atoms with Crippen LogP contribution < -0.4 is 0 Å². The third-order valence-corrected chi connectivity index (χ3v) is 21.6. The molecule has 3 aliphatic carbocycles. The molecule has 1 saturated heterocycles. The lowest BCUT2D eigenvalue weighted by Gasteiger charge is -2.68. The van der Waals surface area contributed by atoms with Crippen molar-refractivity contribution in [1.29, 1.82) is 0 Å². The molecule has 18 heteroatoms. The minimum Gasteiger partial charge on any atom is -0.455 e. The first-order valence-electron chi connectivity index (χ1n) is 27.0. The van der Waals surface area contributed by atoms with Gasteiger partial charge in [0.05, 0.1) is 29.6 Å². The number of hydrogen-bond donors (Lipinski definition) is 1. The smallest absolute Gasteiger partial charge is 0.455 e. The SMILES string of the molecule is CC[Si](CC)(CC)O[C@H]1C[C@H]2OC[C@@]2(OC(C)=O)C2[C@H](OC(=O)c3ccccc3)[C@]3(O)C[C@H](OC(=O)C(OC(C)=O)/C(=N\OCc4ccccc4)c4ccccc4)C(C)=C([C@@H](OC(=O)OCc4ccccc4)C(=O)[C@@]21C)C3(C)C. The zero-order valence-electron chi connectivity index (χ0n) is 46.3. The zero-order valence-corrected chi connectivity index (χ0v) is 47.3. The topological polar surface area (TPSA) is 218 Å². The molecule has 17 nitrogen and oxygen atoms in total. The molecular formula is C61H71NO16Si. The van der Waals surface area contributed by atoms with Crippen LogP contribution in [0, 0.1) is 16.7 Å². The molecule has 79 heavy (non-hydrogen) atoms. The molecule has 420 valence electrons. The predicted molar refractivity (Wildman–Crippen MR) is 290 cm³/mol. The molecule has 0 radical (unpaired) electrons. The van der Waals surface area contributed by atoms with Gasteiger partial charge in [-0.1, -0.05) is 149 Å². The second kappa shape index (κ2) is 23.8. The quantitative estimate of drug-likeness (QED) is 0.0231. The van der Waals surface area contributed by atoms with Gasteiger partial charge in [-0.3, -0.25) is 14.4 Å². The Balaban J connectivity index is 1.35. The summed E-state index contributed by atoms with van der Waals surface area (Å²) in [5.41, 5.74) is -6.01. The molecule has 0 spiro atoms. The number of carbonyl (C=O) groups excluding carboxylic acids is 6. The Morgan fingerprint density at radius 3 is 1.84 bits per heavy atom. The molecule has 10 atom stereocenters. The highest BCUT2D eigenvalue weighted by atomic mass is 28.4. The van der Waals surface area contributed by atoms with Gasteiger partial charge in [0.2, 0.25) is 6.10 Å². The van der Waals surface area contributed by atoms with Crippen LogP contribution in [0.3, 0.4) is 0 Å². The normalized spacial score (nSPS) is 27.5. The summed E-state index contributed by atoms with van der Waals surface area (Å²) in [6.45, 7) is 14.4. The molecule has 1 N–H and O–H groups in total. The number of fused-ring (bicyclic) bond motifs is 5. The van der Waals surface area contributed by atoms with E-state index in [-0.39, 0.29) is 48.7 Å². The summed E-state index contributed by atoms with van der Waals surface area (Å²) >= 11 is 0. The fourth-order valence-electron chi connectivity index (χ4n) is 12.3. The van der Waals surface area contributed by atoms with Gasteiger partial charge >= 0.3 is 30.0 Å². The van der Waals surface area contributed by atoms with Crippen LogP contribution in [0.25, 0.3) is 0 Å². The molecular weight excluding hydrogens is 1030 g/mol. The van der Waals surface area contributed by atoms with Gasteiger partial charge < -0.3 is 47.5 Å². The van der Waals surface area contributed by atoms with Gasteiger partial charge in [-0.05, 0) is 66.4 Å². The number of esters is 4. The molecule has 2 saturated carbocycles. The Kier molecular flexibility index (Phi) is 17.5. The number of ketones is 1. The summed E-state index contributed by atoms with van der Waals surface area (Å²) in [6, 6.07) is 36.5. The number of rotatable bonds is 19. The van der Waals surface area contributed by atoms with Gasteiger partial charge in [-0.25, -0.2) is 14.4 Å². The molecule has 0 amide bonds. The Bertz CT molecular complexity index is 2920. The van der Waals surface area contributed by atoms with Crippen molar-refractivity contribution in [3.05, 3.63) is 155 Å². The van der Waals surface area contributed by atoms with E-state index in [0.717, 1.165) is 12.5 Å². The molecule has 4 aliphatic rings.